The van der Waals surface area contributed by atoms with E-state index < -0.39 is 5.82 Å². The SMILES string of the molecule is O=C(NCn1c(=O)[nH]c2cnc(-c3cnc4ccc(F)cn34)nc21)C1CCCCC1. The van der Waals surface area contributed by atoms with Crippen LogP contribution in [0.5, 0.6) is 0 Å². The van der Waals surface area contributed by atoms with Crippen LogP contribution in [0.3, 0.4) is 0 Å². The first kappa shape index (κ1) is 18.5. The quantitative estimate of drug-likeness (QED) is 0.537. The smallest absolute Gasteiger partial charge is 0.329 e. The number of nitrogens with one attached hydrogen (secondary N) is 2. The maximum absolute atomic E-state index is 13.7. The number of nitrogens with zero attached hydrogens (tertiary/aromatic N) is 5. The number of hydrogen-bond acceptors (Lipinski definition) is 5. The predicted octanol–water partition coefficient (Wildman–Crippen LogP) is 2.23. The summed E-state index contributed by atoms with van der Waals surface area (Å²) in [6, 6.07) is 2.89. The summed E-state index contributed by atoms with van der Waals surface area (Å²) in [6.45, 7) is 0.0202. The maximum Gasteiger partial charge on any atom is 0.329 e. The maximum atomic E-state index is 13.7. The molecule has 0 radical (unpaired) electrons. The Bertz CT molecular complexity index is 1300. The van der Waals surface area contributed by atoms with Gasteiger partial charge in [0.1, 0.15) is 29.3 Å². The first-order valence-electron chi connectivity index (χ1n) is 9.96. The molecule has 10 heteroatoms. The van der Waals surface area contributed by atoms with Crippen LogP contribution in [0.2, 0.25) is 0 Å². The summed E-state index contributed by atoms with van der Waals surface area (Å²) in [5.41, 5.74) is 1.49. The van der Waals surface area contributed by atoms with Gasteiger partial charge >= 0.3 is 5.69 Å². The Hall–Kier alpha value is -3.56. The Balaban J connectivity index is 1.47. The lowest BCUT2D eigenvalue weighted by atomic mass is 9.89. The van der Waals surface area contributed by atoms with Crippen LogP contribution in [0.25, 0.3) is 28.3 Å². The van der Waals surface area contributed by atoms with E-state index in [0.29, 0.717) is 28.3 Å². The number of carbonyl (C=O) groups excluding carboxylic acids is 1. The molecule has 0 aromatic carbocycles. The molecule has 4 aromatic heterocycles. The van der Waals surface area contributed by atoms with Gasteiger partial charge in [-0.25, -0.2) is 24.1 Å². The van der Waals surface area contributed by atoms with Crippen molar-refractivity contribution < 1.29 is 9.18 Å². The van der Waals surface area contributed by atoms with Gasteiger partial charge in [0.2, 0.25) is 5.91 Å². The van der Waals surface area contributed by atoms with Crippen LogP contribution in [0.15, 0.2) is 35.5 Å². The Morgan fingerprint density at radius 1 is 1.20 bits per heavy atom. The van der Waals surface area contributed by atoms with Gasteiger partial charge in [0.25, 0.3) is 0 Å². The van der Waals surface area contributed by atoms with E-state index in [1.54, 1.807) is 16.7 Å². The van der Waals surface area contributed by atoms with Gasteiger partial charge in [-0.05, 0) is 25.0 Å². The lowest BCUT2D eigenvalue weighted by Gasteiger charge is -2.20. The lowest BCUT2D eigenvalue weighted by Crippen LogP contribution is -2.36. The molecule has 4 heterocycles. The van der Waals surface area contributed by atoms with E-state index in [0.717, 1.165) is 25.7 Å². The number of carbonyl (C=O) groups is 1. The van der Waals surface area contributed by atoms with Crippen LogP contribution >= 0.6 is 0 Å². The largest absolute Gasteiger partial charge is 0.338 e. The molecule has 1 fully saturated rings. The highest BCUT2D eigenvalue weighted by Crippen LogP contribution is 2.24. The highest BCUT2D eigenvalue weighted by Gasteiger charge is 2.21. The van der Waals surface area contributed by atoms with Crippen molar-refractivity contribution in [2.45, 2.75) is 38.8 Å². The second kappa shape index (κ2) is 7.36. The summed E-state index contributed by atoms with van der Waals surface area (Å²) in [5.74, 6) is -0.154. The number of pyridine rings is 1. The molecular formula is C20H20FN7O2. The van der Waals surface area contributed by atoms with Gasteiger partial charge in [0, 0.05) is 12.1 Å². The third-order valence-electron chi connectivity index (χ3n) is 5.60. The number of fused-ring (bicyclic) bond motifs is 2. The molecule has 0 atom stereocenters. The van der Waals surface area contributed by atoms with Gasteiger partial charge in [-0.3, -0.25) is 13.8 Å². The summed E-state index contributed by atoms with van der Waals surface area (Å²) in [5, 5.41) is 2.86. The number of aromatic nitrogens is 6. The van der Waals surface area contributed by atoms with E-state index in [9.17, 15) is 14.0 Å². The minimum atomic E-state index is -0.410. The van der Waals surface area contributed by atoms with Gasteiger partial charge in [-0.1, -0.05) is 19.3 Å². The normalized spacial score (nSPS) is 15.1. The van der Waals surface area contributed by atoms with Gasteiger partial charge in [-0.2, -0.15) is 0 Å². The summed E-state index contributed by atoms with van der Waals surface area (Å²) in [7, 11) is 0. The first-order valence-corrected chi connectivity index (χ1v) is 9.96. The second-order valence-electron chi connectivity index (χ2n) is 7.54. The van der Waals surface area contributed by atoms with Crippen molar-refractivity contribution in [1.29, 1.82) is 0 Å². The number of aromatic amines is 1. The second-order valence-corrected chi connectivity index (χ2v) is 7.54. The molecule has 1 amide bonds. The molecule has 1 saturated carbocycles. The monoisotopic (exact) mass is 409 g/mol. The van der Waals surface area contributed by atoms with Crippen LogP contribution in [-0.2, 0) is 11.5 Å². The number of imidazole rings is 2. The predicted molar refractivity (Wildman–Crippen MR) is 107 cm³/mol. The molecule has 0 aliphatic heterocycles. The third-order valence-corrected chi connectivity index (χ3v) is 5.60. The van der Waals surface area contributed by atoms with Gasteiger partial charge < -0.3 is 10.3 Å². The van der Waals surface area contributed by atoms with Crippen molar-refractivity contribution >= 4 is 22.7 Å². The van der Waals surface area contributed by atoms with E-state index in [-0.39, 0.29) is 24.2 Å². The third kappa shape index (κ3) is 3.23. The van der Waals surface area contributed by atoms with Crippen molar-refractivity contribution in [2.75, 3.05) is 0 Å². The molecule has 0 saturated heterocycles. The van der Waals surface area contributed by atoms with E-state index in [1.807, 2.05) is 0 Å². The number of halogens is 1. The number of hydrogen-bond donors (Lipinski definition) is 2. The molecular weight excluding hydrogens is 389 g/mol. The van der Waals surface area contributed by atoms with Crippen molar-refractivity contribution in [3.8, 4) is 11.5 Å². The summed E-state index contributed by atoms with van der Waals surface area (Å²) >= 11 is 0. The zero-order valence-electron chi connectivity index (χ0n) is 16.1. The molecule has 2 N–H and O–H groups in total. The molecule has 154 valence electrons. The summed E-state index contributed by atoms with van der Waals surface area (Å²) in [6.07, 6.45) is 9.40. The first-order chi connectivity index (χ1) is 14.6. The van der Waals surface area contributed by atoms with Crippen molar-refractivity contribution in [3.05, 3.63) is 47.0 Å². The number of rotatable bonds is 4. The fourth-order valence-electron chi connectivity index (χ4n) is 4.00. The van der Waals surface area contributed by atoms with Crippen molar-refractivity contribution in [1.82, 2.24) is 34.2 Å². The molecule has 0 bridgehead atoms. The molecule has 0 unspecified atom stereocenters. The van der Waals surface area contributed by atoms with E-state index in [4.69, 9.17) is 0 Å². The summed E-state index contributed by atoms with van der Waals surface area (Å²) in [4.78, 5) is 40.6. The zero-order chi connectivity index (χ0) is 20.7. The molecule has 4 aromatic rings. The van der Waals surface area contributed by atoms with Crippen LogP contribution in [-0.4, -0.2) is 34.8 Å². The molecule has 5 rings (SSSR count). The minimum absolute atomic E-state index is 0.00195. The van der Waals surface area contributed by atoms with Crippen molar-refractivity contribution in [2.24, 2.45) is 5.92 Å². The van der Waals surface area contributed by atoms with Crippen LogP contribution in [0, 0.1) is 11.7 Å². The van der Waals surface area contributed by atoms with Gasteiger partial charge in [0.05, 0.1) is 12.4 Å². The Morgan fingerprint density at radius 3 is 2.87 bits per heavy atom. The van der Waals surface area contributed by atoms with Gasteiger partial charge in [0.15, 0.2) is 11.5 Å². The standard InChI is InChI=1S/C20H20FN7O2/c21-13-6-7-16-22-9-15(27(16)10-13)17-23-8-14-18(26-17)28(20(30)25-14)11-24-19(29)12-4-2-1-3-5-12/h6-10,12H,1-5,11H2,(H,24,29)(H,25,30). The molecule has 1 aliphatic carbocycles. The highest BCUT2D eigenvalue weighted by atomic mass is 19.1. The van der Waals surface area contributed by atoms with E-state index in [2.05, 4.69) is 25.3 Å². The Labute approximate surface area is 170 Å². The van der Waals surface area contributed by atoms with Crippen molar-refractivity contribution in [3.63, 3.8) is 0 Å². The zero-order valence-corrected chi connectivity index (χ0v) is 16.1. The minimum Gasteiger partial charge on any atom is -0.338 e. The average Bonchev–Trinajstić information content (AvgIpc) is 3.32. The molecule has 1 aliphatic rings. The fraction of sp³-hybridized carbons (Fsp3) is 0.350. The van der Waals surface area contributed by atoms with E-state index >= 15 is 0 Å². The van der Waals surface area contributed by atoms with Crippen LogP contribution in [0.4, 0.5) is 4.39 Å². The highest BCUT2D eigenvalue weighted by molar-refractivity contribution is 5.78. The number of amides is 1. The Morgan fingerprint density at radius 2 is 2.03 bits per heavy atom. The number of H-pyrrole nitrogens is 1. The topological polar surface area (TPSA) is 110 Å². The van der Waals surface area contributed by atoms with Crippen LogP contribution < -0.4 is 11.0 Å². The fourth-order valence-corrected chi connectivity index (χ4v) is 4.00. The summed E-state index contributed by atoms with van der Waals surface area (Å²) < 4.78 is 16.6. The lowest BCUT2D eigenvalue weighted by molar-refractivity contribution is -0.126. The van der Waals surface area contributed by atoms with E-state index in [1.165, 1.54) is 29.4 Å². The Kier molecular flexibility index (Phi) is 4.53. The van der Waals surface area contributed by atoms with Crippen LogP contribution in [0.1, 0.15) is 32.1 Å². The van der Waals surface area contributed by atoms with Gasteiger partial charge in [-0.15, -0.1) is 0 Å². The average molecular weight is 409 g/mol. The molecule has 0 spiro atoms. The molecule has 9 nitrogen and oxygen atoms in total. The molecule has 30 heavy (non-hydrogen) atoms.